The lowest BCUT2D eigenvalue weighted by molar-refractivity contribution is -0.121. The first kappa shape index (κ1) is 23.9. The molecule has 0 bridgehead atoms. The largest absolute Gasteiger partial charge is 0.498 e. The van der Waals surface area contributed by atoms with E-state index in [4.69, 9.17) is 9.31 Å². The number of nitrogens with one attached hydrogen (secondary N) is 1. The summed E-state index contributed by atoms with van der Waals surface area (Å²) in [7, 11) is 1.08. The third-order valence-electron chi connectivity index (χ3n) is 6.92. The van der Waals surface area contributed by atoms with E-state index in [1.165, 1.54) is 4.90 Å². The molecule has 4 rings (SSSR count). The van der Waals surface area contributed by atoms with Gasteiger partial charge in [-0.15, -0.1) is 0 Å². The van der Waals surface area contributed by atoms with Gasteiger partial charge in [0.1, 0.15) is 0 Å². The second-order valence-electron chi connectivity index (χ2n) is 9.74. The summed E-state index contributed by atoms with van der Waals surface area (Å²) in [4.78, 5) is 38.1. The van der Waals surface area contributed by atoms with E-state index in [1.807, 2.05) is 27.7 Å². The van der Waals surface area contributed by atoms with Gasteiger partial charge in [0.15, 0.2) is 6.29 Å². The summed E-state index contributed by atoms with van der Waals surface area (Å²) in [5, 5.41) is 7.11. The fraction of sp³-hybridized carbons (Fsp3) is 0.417. The van der Waals surface area contributed by atoms with E-state index in [-0.39, 0.29) is 29.0 Å². The van der Waals surface area contributed by atoms with Crippen molar-refractivity contribution >= 4 is 30.7 Å². The average Bonchev–Trinajstić information content (AvgIpc) is 3.34. The monoisotopic (exact) mass is 464 g/mol. The van der Waals surface area contributed by atoms with E-state index in [2.05, 4.69) is 17.0 Å². The predicted octanol–water partition coefficient (Wildman–Crippen LogP) is 1.85. The van der Waals surface area contributed by atoms with Crippen LogP contribution in [0.3, 0.4) is 0 Å². The van der Waals surface area contributed by atoms with Crippen LogP contribution in [0.15, 0.2) is 42.9 Å². The number of amides is 2. The maximum absolute atomic E-state index is 13.3. The van der Waals surface area contributed by atoms with Crippen LogP contribution in [0, 0.1) is 0 Å². The average molecular weight is 464 g/mol. The van der Waals surface area contributed by atoms with Gasteiger partial charge in [0.25, 0.3) is 5.91 Å². The fourth-order valence-corrected chi connectivity index (χ4v) is 4.08. The molecule has 9 nitrogen and oxygen atoms in total. The van der Waals surface area contributed by atoms with Crippen molar-refractivity contribution in [3.8, 4) is 5.69 Å². The fourth-order valence-electron chi connectivity index (χ4n) is 4.08. The lowest BCUT2D eigenvalue weighted by atomic mass is 9.82. The summed E-state index contributed by atoms with van der Waals surface area (Å²) in [6, 6.07) is 4.60. The molecule has 2 fully saturated rings. The minimum atomic E-state index is -0.562. The van der Waals surface area contributed by atoms with Crippen molar-refractivity contribution in [1.29, 1.82) is 0 Å². The number of benzene rings is 1. The minimum absolute atomic E-state index is 0.117. The van der Waals surface area contributed by atoms with Gasteiger partial charge in [0.2, 0.25) is 5.91 Å². The highest BCUT2D eigenvalue weighted by Crippen LogP contribution is 2.36. The molecule has 2 saturated heterocycles. The van der Waals surface area contributed by atoms with Crippen molar-refractivity contribution in [2.24, 2.45) is 0 Å². The van der Waals surface area contributed by atoms with Crippen LogP contribution in [0.1, 0.15) is 61.3 Å². The second kappa shape index (κ2) is 8.52. The number of carbonyl (C=O) groups is 3. The first-order valence-electron chi connectivity index (χ1n) is 11.2. The van der Waals surface area contributed by atoms with Crippen LogP contribution in [0.5, 0.6) is 0 Å². The van der Waals surface area contributed by atoms with Crippen molar-refractivity contribution in [2.75, 3.05) is 7.05 Å². The Labute approximate surface area is 199 Å². The molecule has 1 unspecified atom stereocenters. The lowest BCUT2D eigenvalue weighted by Crippen LogP contribution is -2.46. The van der Waals surface area contributed by atoms with Crippen LogP contribution in [0.25, 0.3) is 5.69 Å². The summed E-state index contributed by atoms with van der Waals surface area (Å²) in [5.74, 6) is -0.459. The molecular formula is C24H29BN4O5. The van der Waals surface area contributed by atoms with Crippen molar-refractivity contribution < 1.29 is 23.7 Å². The first-order valence-corrected chi connectivity index (χ1v) is 11.2. The Balaban J connectivity index is 1.60. The molecule has 0 saturated carbocycles. The molecule has 1 N–H and O–H groups in total. The zero-order chi connectivity index (χ0) is 24.8. The highest BCUT2D eigenvalue weighted by molar-refractivity contribution is 6.62. The smallest absolute Gasteiger partial charge is 0.399 e. The number of aldehydes is 1. The quantitative estimate of drug-likeness (QED) is 0.535. The standard InChI is InChI=1S/C24H29BN4O5/c1-15-20(9-10-21(31)27-15)28(6)22(32)19-11-18(8-7-16(19)14-30)29-13-17(12-26-29)25-33-23(2,3)24(4,5)34-25/h7-8,11-14,20H,1,9-10H2,2-6H3,(H,27,31). The van der Waals surface area contributed by atoms with E-state index in [9.17, 15) is 14.4 Å². The topological polar surface area (TPSA) is 103 Å². The summed E-state index contributed by atoms with van der Waals surface area (Å²) in [6.07, 6.45) is 4.88. The Morgan fingerprint density at radius 2 is 1.97 bits per heavy atom. The molecular weight excluding hydrogens is 435 g/mol. The number of likely N-dealkylation sites (N-methyl/N-ethyl adjacent to an activating group) is 1. The Morgan fingerprint density at radius 1 is 1.29 bits per heavy atom. The van der Waals surface area contributed by atoms with Gasteiger partial charge >= 0.3 is 7.12 Å². The molecule has 0 spiro atoms. The number of hydrogen-bond acceptors (Lipinski definition) is 6. The van der Waals surface area contributed by atoms with Crippen molar-refractivity contribution in [2.45, 2.75) is 57.8 Å². The molecule has 34 heavy (non-hydrogen) atoms. The Kier molecular flexibility index (Phi) is 5.99. The van der Waals surface area contributed by atoms with Crippen molar-refractivity contribution in [1.82, 2.24) is 20.0 Å². The lowest BCUT2D eigenvalue weighted by Gasteiger charge is -2.33. The number of nitrogens with zero attached hydrogens (tertiary/aromatic N) is 3. The maximum Gasteiger partial charge on any atom is 0.498 e. The molecule has 1 atom stereocenters. The number of carbonyl (C=O) groups excluding carboxylic acids is 3. The summed E-state index contributed by atoms with van der Waals surface area (Å²) in [5.41, 5.74) is 1.39. The molecule has 178 valence electrons. The van der Waals surface area contributed by atoms with Crippen LogP contribution >= 0.6 is 0 Å². The second-order valence-corrected chi connectivity index (χ2v) is 9.74. The Bertz CT molecular complexity index is 1160. The minimum Gasteiger partial charge on any atom is -0.399 e. The van der Waals surface area contributed by atoms with E-state index in [1.54, 1.807) is 42.3 Å². The number of aromatic nitrogens is 2. The number of hydrogen-bond donors (Lipinski definition) is 1. The third kappa shape index (κ3) is 4.19. The molecule has 2 amide bonds. The maximum atomic E-state index is 13.3. The molecule has 1 aromatic heterocycles. The van der Waals surface area contributed by atoms with Gasteiger partial charge in [-0.25, -0.2) is 4.68 Å². The highest BCUT2D eigenvalue weighted by Gasteiger charge is 2.52. The van der Waals surface area contributed by atoms with Gasteiger partial charge in [0.05, 0.1) is 28.5 Å². The molecule has 2 aliphatic heterocycles. The van der Waals surface area contributed by atoms with Crippen molar-refractivity contribution in [3.63, 3.8) is 0 Å². The molecule has 0 aliphatic carbocycles. The van der Waals surface area contributed by atoms with Gasteiger partial charge in [-0.1, -0.05) is 6.58 Å². The molecule has 1 aromatic carbocycles. The Morgan fingerprint density at radius 3 is 2.59 bits per heavy atom. The van der Waals surface area contributed by atoms with Gasteiger partial charge in [-0.2, -0.15) is 5.10 Å². The van der Waals surface area contributed by atoms with Crippen LogP contribution in [0.2, 0.25) is 0 Å². The molecule has 3 heterocycles. The van der Waals surface area contributed by atoms with E-state index in [0.717, 1.165) is 5.46 Å². The van der Waals surface area contributed by atoms with E-state index >= 15 is 0 Å². The zero-order valence-corrected chi connectivity index (χ0v) is 20.1. The normalized spacial score (nSPS) is 21.3. The van der Waals surface area contributed by atoms with Crippen molar-refractivity contribution in [3.05, 3.63) is 54.0 Å². The molecule has 2 aromatic rings. The van der Waals surface area contributed by atoms with Crippen LogP contribution < -0.4 is 10.8 Å². The highest BCUT2D eigenvalue weighted by atomic mass is 16.7. The van der Waals surface area contributed by atoms with E-state index < -0.39 is 18.3 Å². The molecule has 10 heteroatoms. The summed E-state index contributed by atoms with van der Waals surface area (Å²) < 4.78 is 13.8. The third-order valence-corrected chi connectivity index (χ3v) is 6.92. The van der Waals surface area contributed by atoms with Gasteiger partial charge < -0.3 is 19.5 Å². The van der Waals surface area contributed by atoms with E-state index in [0.29, 0.717) is 30.5 Å². The number of rotatable bonds is 5. The zero-order valence-electron chi connectivity index (χ0n) is 20.1. The Hall–Kier alpha value is -3.24. The molecule has 0 radical (unpaired) electrons. The van der Waals surface area contributed by atoms with Gasteiger partial charge in [-0.05, 0) is 52.3 Å². The summed E-state index contributed by atoms with van der Waals surface area (Å²) >= 11 is 0. The summed E-state index contributed by atoms with van der Waals surface area (Å²) in [6.45, 7) is 11.8. The number of piperidine rings is 1. The first-order chi connectivity index (χ1) is 15.9. The predicted molar refractivity (Wildman–Crippen MR) is 127 cm³/mol. The van der Waals surface area contributed by atoms with Gasteiger partial charge in [-0.3, -0.25) is 14.4 Å². The van der Waals surface area contributed by atoms with Crippen LogP contribution in [-0.2, 0) is 14.1 Å². The molecule has 2 aliphatic rings. The van der Waals surface area contributed by atoms with Gasteiger partial charge in [0, 0.05) is 42.6 Å². The van der Waals surface area contributed by atoms with Crippen LogP contribution in [0.4, 0.5) is 0 Å². The van der Waals surface area contributed by atoms with Crippen LogP contribution in [-0.4, -0.2) is 64.2 Å². The SMILES string of the molecule is C=C1NC(=O)CCC1N(C)C(=O)c1cc(-n2cc(B3OC(C)(C)C(C)(C)O3)cn2)ccc1C=O.